The number of anilines is 1. The van der Waals surface area contributed by atoms with E-state index in [1.54, 1.807) is 11.1 Å². The summed E-state index contributed by atoms with van der Waals surface area (Å²) in [4.78, 5) is 32.8. The molecule has 0 atom stereocenters. The summed E-state index contributed by atoms with van der Waals surface area (Å²) >= 11 is 0. The van der Waals surface area contributed by atoms with Gasteiger partial charge in [-0.3, -0.25) is 9.59 Å². The molecule has 1 aromatic heterocycles. The van der Waals surface area contributed by atoms with Crippen molar-refractivity contribution in [2.45, 2.75) is 12.9 Å². The molecular formula is C28H28F3N5O5. The van der Waals surface area contributed by atoms with E-state index in [9.17, 15) is 22.8 Å². The lowest BCUT2D eigenvalue weighted by Gasteiger charge is -2.36. The van der Waals surface area contributed by atoms with Gasteiger partial charge in [-0.05, 0) is 54.1 Å². The molecule has 1 fully saturated rings. The highest BCUT2D eigenvalue weighted by molar-refractivity contribution is 5.77. The molecule has 0 aliphatic carbocycles. The van der Waals surface area contributed by atoms with Crippen LogP contribution in [0.25, 0.3) is 17.0 Å². The maximum Gasteiger partial charge on any atom is 0.573 e. The van der Waals surface area contributed by atoms with Crippen molar-refractivity contribution in [2.75, 3.05) is 44.7 Å². The van der Waals surface area contributed by atoms with E-state index in [0.717, 1.165) is 23.4 Å². The molecule has 4 rings (SSSR count). The molecule has 41 heavy (non-hydrogen) atoms. The average molecular weight is 572 g/mol. The second-order valence-corrected chi connectivity index (χ2v) is 9.19. The maximum atomic E-state index is 12.4. The number of halogens is 3. The van der Waals surface area contributed by atoms with E-state index in [-0.39, 0.29) is 23.4 Å². The van der Waals surface area contributed by atoms with Gasteiger partial charge in [-0.15, -0.1) is 13.2 Å². The van der Waals surface area contributed by atoms with Crippen molar-refractivity contribution in [3.63, 3.8) is 0 Å². The molecule has 216 valence electrons. The highest BCUT2D eigenvalue weighted by atomic mass is 19.4. The fraction of sp³-hybridized carbons (Fsp3) is 0.286. The molecule has 0 radical (unpaired) electrons. The summed E-state index contributed by atoms with van der Waals surface area (Å²) in [6.07, 6.45) is 0.362. The molecule has 2 heterocycles. The Hall–Kier alpha value is -4.65. The molecule has 1 amide bonds. The van der Waals surface area contributed by atoms with E-state index >= 15 is 0 Å². The van der Waals surface area contributed by atoms with Gasteiger partial charge in [0, 0.05) is 57.2 Å². The van der Waals surface area contributed by atoms with E-state index in [1.807, 2.05) is 30.1 Å². The van der Waals surface area contributed by atoms with Gasteiger partial charge in [-0.2, -0.15) is 4.98 Å². The van der Waals surface area contributed by atoms with Crippen molar-refractivity contribution in [3.05, 3.63) is 78.3 Å². The predicted molar refractivity (Wildman–Crippen MR) is 143 cm³/mol. The van der Waals surface area contributed by atoms with Gasteiger partial charge in [0.15, 0.2) is 0 Å². The van der Waals surface area contributed by atoms with Crippen molar-refractivity contribution < 1.29 is 37.1 Å². The second-order valence-electron chi connectivity index (χ2n) is 9.19. The molecular weight excluding hydrogens is 543 g/mol. The molecule has 0 spiro atoms. The normalized spacial score (nSPS) is 14.4. The Kier molecular flexibility index (Phi) is 9.40. The summed E-state index contributed by atoms with van der Waals surface area (Å²) in [6, 6.07) is 13.1. The molecule has 0 bridgehead atoms. The Balaban J connectivity index is 1.45. The summed E-state index contributed by atoms with van der Waals surface area (Å²) < 4.78 is 46.6. The van der Waals surface area contributed by atoms with Gasteiger partial charge < -0.3 is 29.1 Å². The molecule has 13 heteroatoms. The number of alkyl halides is 3. The molecule has 1 aliphatic rings. The number of aromatic nitrogens is 2. The molecule has 1 N–H and O–H groups in total. The van der Waals surface area contributed by atoms with Crippen LogP contribution in [0, 0.1) is 0 Å². The third-order valence-corrected chi connectivity index (χ3v) is 6.21. The van der Waals surface area contributed by atoms with E-state index in [1.165, 1.54) is 24.3 Å². The van der Waals surface area contributed by atoms with Gasteiger partial charge in [0.05, 0.1) is 5.57 Å². The van der Waals surface area contributed by atoms with Gasteiger partial charge in [0.1, 0.15) is 18.6 Å². The number of carbonyl (C=O) groups excluding carboxylic acids is 2. The lowest BCUT2D eigenvalue weighted by Crippen LogP contribution is -2.49. The first-order valence-electron chi connectivity index (χ1n) is 12.6. The maximum absolute atomic E-state index is 12.4. The van der Waals surface area contributed by atoms with Crippen LogP contribution in [0.1, 0.15) is 11.5 Å². The summed E-state index contributed by atoms with van der Waals surface area (Å²) in [7, 11) is 1.84. The number of hydrogen-bond donors (Lipinski definition) is 1. The first-order valence-corrected chi connectivity index (χ1v) is 12.6. The predicted octanol–water partition coefficient (Wildman–Crippen LogP) is 3.50. The molecule has 1 aliphatic heterocycles. The number of allylic oxidation sites excluding steroid dienone is 3. The number of aliphatic hydroxyl groups excluding tert-OH is 1. The van der Waals surface area contributed by atoms with Gasteiger partial charge in [0.25, 0.3) is 5.89 Å². The van der Waals surface area contributed by atoms with Crippen LogP contribution in [0.2, 0.25) is 0 Å². The minimum absolute atomic E-state index is 0.115. The smallest absolute Gasteiger partial charge is 0.406 e. The largest absolute Gasteiger partial charge is 0.573 e. The van der Waals surface area contributed by atoms with E-state index in [4.69, 9.17) is 9.63 Å². The first kappa shape index (κ1) is 29.3. The molecule has 0 unspecified atom stereocenters. The van der Waals surface area contributed by atoms with Crippen LogP contribution in [0.4, 0.5) is 18.9 Å². The molecule has 10 nitrogen and oxygen atoms in total. The fourth-order valence-electron chi connectivity index (χ4n) is 4.31. The highest BCUT2D eigenvalue weighted by Gasteiger charge is 2.31. The monoisotopic (exact) mass is 571 g/mol. The average Bonchev–Trinajstić information content (AvgIpc) is 3.45. The van der Waals surface area contributed by atoms with Crippen LogP contribution in [-0.4, -0.2) is 83.4 Å². The van der Waals surface area contributed by atoms with Crippen LogP contribution < -0.4 is 9.64 Å². The first-order chi connectivity index (χ1) is 19.6. The van der Waals surface area contributed by atoms with Crippen LogP contribution in [0.3, 0.4) is 0 Å². The minimum Gasteiger partial charge on any atom is -0.406 e. The molecule has 1 saturated heterocycles. The van der Waals surface area contributed by atoms with Crippen LogP contribution >= 0.6 is 0 Å². The van der Waals surface area contributed by atoms with Gasteiger partial charge in [-0.1, -0.05) is 17.3 Å². The van der Waals surface area contributed by atoms with Crippen molar-refractivity contribution in [2.24, 2.45) is 0 Å². The Bertz CT molecular complexity index is 1400. The Morgan fingerprint density at radius 3 is 2.54 bits per heavy atom. The molecule has 2 aromatic carbocycles. The SMILES string of the molecule is CN(/C=C(\C=C/C=O)c1nc(-c2ccc(OC(F)(F)F)cc2)no1)Cc1cccc(N2CCN(C(=O)CO)CC2)c1. The second kappa shape index (κ2) is 13.1. The summed E-state index contributed by atoms with van der Waals surface area (Å²) in [5.41, 5.74) is 2.91. The number of rotatable bonds is 10. The number of carbonyl (C=O) groups is 2. The topological polar surface area (TPSA) is 112 Å². The highest BCUT2D eigenvalue weighted by Crippen LogP contribution is 2.27. The van der Waals surface area contributed by atoms with Crippen LogP contribution in [-0.2, 0) is 16.1 Å². The van der Waals surface area contributed by atoms with Gasteiger partial charge >= 0.3 is 6.36 Å². The van der Waals surface area contributed by atoms with Crippen molar-refractivity contribution in [1.82, 2.24) is 19.9 Å². The molecule has 3 aromatic rings. The Labute approximate surface area is 233 Å². The number of benzene rings is 2. The lowest BCUT2D eigenvalue weighted by atomic mass is 10.1. The number of aliphatic hydroxyl groups is 1. The number of amides is 1. The van der Waals surface area contributed by atoms with Crippen molar-refractivity contribution in [1.29, 1.82) is 0 Å². The number of ether oxygens (including phenoxy) is 1. The van der Waals surface area contributed by atoms with Crippen LogP contribution in [0.5, 0.6) is 5.75 Å². The van der Waals surface area contributed by atoms with Gasteiger partial charge in [0.2, 0.25) is 11.7 Å². The van der Waals surface area contributed by atoms with Gasteiger partial charge in [-0.25, -0.2) is 0 Å². The zero-order valence-electron chi connectivity index (χ0n) is 22.1. The van der Waals surface area contributed by atoms with Crippen molar-refractivity contribution in [3.8, 4) is 17.1 Å². The standard InChI is InChI=1S/C28H28F3N5O5/c1-34(17-20-4-2-6-23(16-20)35-11-13-36(14-12-35)25(39)19-38)18-22(5-3-15-37)27-32-26(33-41-27)21-7-9-24(10-8-21)40-28(29,30)31/h2-10,15-16,18,38H,11-14,17,19H2,1H3/b5-3-,22-18+. The fourth-order valence-corrected chi connectivity index (χ4v) is 4.31. The van der Waals surface area contributed by atoms with Crippen LogP contribution in [0.15, 0.2) is 71.4 Å². The van der Waals surface area contributed by atoms with Crippen molar-refractivity contribution >= 4 is 23.5 Å². The molecule has 0 saturated carbocycles. The van der Waals surface area contributed by atoms with E-state index in [0.29, 0.717) is 50.1 Å². The third-order valence-electron chi connectivity index (χ3n) is 6.21. The zero-order valence-corrected chi connectivity index (χ0v) is 22.1. The number of hydrogen-bond acceptors (Lipinski definition) is 9. The minimum atomic E-state index is -4.80. The lowest BCUT2D eigenvalue weighted by molar-refractivity contribution is -0.274. The number of aldehydes is 1. The Morgan fingerprint density at radius 1 is 1.15 bits per heavy atom. The summed E-state index contributed by atoms with van der Waals surface area (Å²) in [6.45, 7) is 2.41. The number of piperazine rings is 1. The third kappa shape index (κ3) is 8.18. The van der Waals surface area contributed by atoms with E-state index in [2.05, 4.69) is 25.8 Å². The summed E-state index contributed by atoms with van der Waals surface area (Å²) in [5.74, 6) is -0.373. The Morgan fingerprint density at radius 2 is 1.88 bits per heavy atom. The quantitative estimate of drug-likeness (QED) is 0.222. The zero-order chi connectivity index (χ0) is 29.4. The number of nitrogens with zero attached hydrogens (tertiary/aromatic N) is 5. The van der Waals surface area contributed by atoms with E-state index < -0.39 is 13.0 Å². The summed E-state index contributed by atoms with van der Waals surface area (Å²) in [5, 5.41) is 13.0.